The van der Waals surface area contributed by atoms with E-state index in [0.717, 1.165) is 64.2 Å². The number of unbranched alkanes of at least 4 members (excludes halogenated alkanes) is 11. The number of carbonyl (C=O) groups excluding carboxylic acids is 1. The number of rotatable bonds is 28. The van der Waals surface area contributed by atoms with Gasteiger partial charge in [0, 0.05) is 6.42 Å². The van der Waals surface area contributed by atoms with E-state index in [-0.39, 0.29) is 12.5 Å². The molecule has 2 unspecified atom stereocenters. The Kier molecular flexibility index (Phi) is 30.1. The van der Waals surface area contributed by atoms with Crippen molar-refractivity contribution in [1.82, 2.24) is 5.32 Å². The topological polar surface area (TPSA) is 69.6 Å². The van der Waals surface area contributed by atoms with Crippen LogP contribution in [-0.2, 0) is 4.79 Å². The van der Waals surface area contributed by atoms with Gasteiger partial charge in [-0.1, -0.05) is 139 Å². The first kappa shape index (κ1) is 38.1. The number of amides is 1. The molecular weight excluding hydrogens is 494 g/mol. The average Bonchev–Trinajstić information content (AvgIpc) is 2.96. The lowest BCUT2D eigenvalue weighted by molar-refractivity contribution is -0.123. The zero-order valence-corrected chi connectivity index (χ0v) is 26.1. The van der Waals surface area contributed by atoms with Crippen LogP contribution in [-0.4, -0.2) is 34.9 Å². The lowest BCUT2D eigenvalue weighted by Crippen LogP contribution is -2.45. The summed E-state index contributed by atoms with van der Waals surface area (Å²) in [7, 11) is 0. The molecular formula is C36H63NO3. The molecule has 0 radical (unpaired) electrons. The summed E-state index contributed by atoms with van der Waals surface area (Å²) in [4.78, 5) is 12.2. The number of aliphatic hydroxyl groups excluding tert-OH is 2. The van der Waals surface area contributed by atoms with Crippen molar-refractivity contribution in [3.63, 3.8) is 0 Å². The predicted molar refractivity (Wildman–Crippen MR) is 174 cm³/mol. The van der Waals surface area contributed by atoms with E-state index in [2.05, 4.69) is 79.9 Å². The minimum absolute atomic E-state index is 0.0545. The summed E-state index contributed by atoms with van der Waals surface area (Å²) in [5.74, 6) is -0.0545. The normalized spacial score (nSPS) is 14.0. The average molecular weight is 558 g/mol. The molecule has 0 aromatic heterocycles. The summed E-state index contributed by atoms with van der Waals surface area (Å²) in [6, 6.07) is -0.540. The summed E-state index contributed by atoms with van der Waals surface area (Å²) in [5, 5.41) is 22.7. The number of allylic oxidation sites excluding steroid dienone is 10. The second-order valence-corrected chi connectivity index (χ2v) is 10.8. The Balaban J connectivity index is 3.59. The monoisotopic (exact) mass is 557 g/mol. The Hall–Kier alpha value is -1.91. The van der Waals surface area contributed by atoms with Gasteiger partial charge in [0.25, 0.3) is 0 Å². The fourth-order valence-corrected chi connectivity index (χ4v) is 4.50. The van der Waals surface area contributed by atoms with Crippen LogP contribution in [0, 0.1) is 0 Å². The van der Waals surface area contributed by atoms with Crippen molar-refractivity contribution in [3.8, 4) is 0 Å². The van der Waals surface area contributed by atoms with Crippen molar-refractivity contribution in [3.05, 3.63) is 60.8 Å². The third-order valence-electron chi connectivity index (χ3n) is 7.04. The fourth-order valence-electron chi connectivity index (χ4n) is 4.50. The molecule has 3 N–H and O–H groups in total. The van der Waals surface area contributed by atoms with Crippen molar-refractivity contribution in [2.75, 3.05) is 6.61 Å². The summed E-state index contributed by atoms with van der Waals surface area (Å²) < 4.78 is 0. The molecule has 0 saturated heterocycles. The Labute approximate surface area is 247 Å². The zero-order valence-electron chi connectivity index (χ0n) is 26.1. The molecule has 0 aliphatic rings. The van der Waals surface area contributed by atoms with Crippen molar-refractivity contribution in [1.29, 1.82) is 0 Å². The lowest BCUT2D eigenvalue weighted by atomic mass is 10.0. The first-order chi connectivity index (χ1) is 19.7. The fraction of sp³-hybridized carbons (Fsp3) is 0.694. The highest BCUT2D eigenvalue weighted by Crippen LogP contribution is 2.12. The third kappa shape index (κ3) is 27.6. The molecule has 0 aliphatic carbocycles. The third-order valence-corrected chi connectivity index (χ3v) is 7.04. The maximum absolute atomic E-state index is 12.2. The second kappa shape index (κ2) is 31.6. The highest BCUT2D eigenvalue weighted by Gasteiger charge is 2.19. The van der Waals surface area contributed by atoms with E-state index in [9.17, 15) is 15.0 Å². The molecule has 40 heavy (non-hydrogen) atoms. The number of aliphatic hydroxyl groups is 2. The number of nitrogens with one attached hydrogen (secondary N) is 1. The van der Waals surface area contributed by atoms with Crippen LogP contribution in [0.3, 0.4) is 0 Å². The van der Waals surface area contributed by atoms with E-state index >= 15 is 0 Å². The van der Waals surface area contributed by atoms with Gasteiger partial charge in [0.05, 0.1) is 18.8 Å². The van der Waals surface area contributed by atoms with Crippen molar-refractivity contribution in [2.24, 2.45) is 0 Å². The largest absolute Gasteiger partial charge is 0.394 e. The van der Waals surface area contributed by atoms with Gasteiger partial charge in [0.1, 0.15) is 0 Å². The van der Waals surface area contributed by atoms with Crippen molar-refractivity contribution < 1.29 is 15.0 Å². The van der Waals surface area contributed by atoms with E-state index in [4.69, 9.17) is 0 Å². The van der Waals surface area contributed by atoms with Gasteiger partial charge >= 0.3 is 0 Å². The molecule has 4 heteroatoms. The van der Waals surface area contributed by atoms with Crippen LogP contribution in [0.5, 0.6) is 0 Å². The molecule has 4 nitrogen and oxygen atoms in total. The van der Waals surface area contributed by atoms with Gasteiger partial charge in [-0.2, -0.15) is 0 Å². The van der Waals surface area contributed by atoms with E-state index in [0.29, 0.717) is 12.8 Å². The highest BCUT2D eigenvalue weighted by atomic mass is 16.3. The first-order valence-corrected chi connectivity index (χ1v) is 16.5. The van der Waals surface area contributed by atoms with Crippen LogP contribution >= 0.6 is 0 Å². The van der Waals surface area contributed by atoms with Gasteiger partial charge < -0.3 is 15.5 Å². The zero-order chi connectivity index (χ0) is 29.4. The van der Waals surface area contributed by atoms with E-state index in [1.54, 1.807) is 0 Å². The first-order valence-electron chi connectivity index (χ1n) is 16.5. The second-order valence-electron chi connectivity index (χ2n) is 10.8. The quantitative estimate of drug-likeness (QED) is 0.0663. The molecule has 1 amide bonds. The molecule has 230 valence electrons. The van der Waals surface area contributed by atoms with Crippen LogP contribution in [0.2, 0.25) is 0 Å². The van der Waals surface area contributed by atoms with Crippen LogP contribution in [0.15, 0.2) is 60.8 Å². The van der Waals surface area contributed by atoms with Crippen molar-refractivity contribution >= 4 is 5.91 Å². The Morgan fingerprint density at radius 3 is 1.65 bits per heavy atom. The minimum Gasteiger partial charge on any atom is -0.394 e. The van der Waals surface area contributed by atoms with Crippen molar-refractivity contribution in [2.45, 2.75) is 154 Å². The summed E-state index contributed by atoms with van der Waals surface area (Å²) in [6.07, 6.45) is 42.9. The van der Waals surface area contributed by atoms with Gasteiger partial charge in [-0.3, -0.25) is 4.79 Å². The van der Waals surface area contributed by atoms with Gasteiger partial charge in [0.15, 0.2) is 0 Å². The van der Waals surface area contributed by atoms with Crippen LogP contribution in [0.4, 0.5) is 0 Å². The van der Waals surface area contributed by atoms with Gasteiger partial charge in [-0.05, 0) is 57.8 Å². The molecule has 0 aliphatic heterocycles. The minimum atomic E-state index is -0.662. The van der Waals surface area contributed by atoms with E-state index in [1.165, 1.54) is 51.4 Å². The SMILES string of the molecule is CC/C=C\C/C=C\C/C=C\C/C=C\C/C=C\CCCCCCCCCC(=O)NC(CO)C(O)CCCCCCC. The standard InChI is InChI=1S/C36H63NO3/c1-3-5-7-9-10-11-12-13-14-15-16-17-18-19-20-21-22-23-24-25-26-28-30-32-36(40)37-34(33-38)35(39)31-29-27-8-6-4-2/h5,7,10-11,13-14,16-17,19-20,34-35,38-39H,3-4,6,8-9,12,15,18,21-33H2,1-2H3,(H,37,40)/b7-5-,11-10-,14-13-,17-16-,20-19-. The summed E-state index contributed by atoms with van der Waals surface area (Å²) in [5.41, 5.74) is 0. The highest BCUT2D eigenvalue weighted by molar-refractivity contribution is 5.76. The molecule has 0 rings (SSSR count). The van der Waals surface area contributed by atoms with Crippen LogP contribution < -0.4 is 5.32 Å². The lowest BCUT2D eigenvalue weighted by Gasteiger charge is -2.22. The van der Waals surface area contributed by atoms with Gasteiger partial charge in [-0.25, -0.2) is 0 Å². The van der Waals surface area contributed by atoms with Gasteiger partial charge in [-0.15, -0.1) is 0 Å². The summed E-state index contributed by atoms with van der Waals surface area (Å²) >= 11 is 0. The molecule has 2 atom stereocenters. The molecule has 0 heterocycles. The number of hydrogen-bond donors (Lipinski definition) is 3. The Morgan fingerprint density at radius 1 is 0.625 bits per heavy atom. The predicted octanol–water partition coefficient (Wildman–Crippen LogP) is 9.45. The Morgan fingerprint density at radius 2 is 1.10 bits per heavy atom. The molecule has 0 spiro atoms. The van der Waals surface area contributed by atoms with E-state index in [1.807, 2.05) is 0 Å². The molecule has 0 aromatic rings. The molecule has 0 bridgehead atoms. The van der Waals surface area contributed by atoms with Crippen LogP contribution in [0.25, 0.3) is 0 Å². The van der Waals surface area contributed by atoms with Gasteiger partial charge in [0.2, 0.25) is 5.91 Å². The van der Waals surface area contributed by atoms with E-state index < -0.39 is 12.1 Å². The van der Waals surface area contributed by atoms with Crippen LogP contribution in [0.1, 0.15) is 142 Å². The summed E-state index contributed by atoms with van der Waals surface area (Å²) in [6.45, 7) is 4.13. The molecule has 0 saturated carbocycles. The number of carbonyl (C=O) groups is 1. The maximum Gasteiger partial charge on any atom is 0.220 e. The molecule has 0 fully saturated rings. The molecule has 0 aromatic carbocycles. The number of hydrogen-bond acceptors (Lipinski definition) is 3. The Bertz CT molecular complexity index is 692. The smallest absolute Gasteiger partial charge is 0.220 e. The maximum atomic E-state index is 12.2.